The molecule has 0 bridgehead atoms. The second-order valence-corrected chi connectivity index (χ2v) is 5.66. The highest BCUT2D eigenvalue weighted by Crippen LogP contribution is 2.22. The lowest BCUT2D eigenvalue weighted by Crippen LogP contribution is -2.29. The molecule has 3 rings (SSSR count). The first-order valence-electron chi connectivity index (χ1n) is 6.65. The van der Waals surface area contributed by atoms with Gasteiger partial charge in [0.25, 0.3) is 5.56 Å². The number of aromatic nitrogens is 2. The molecule has 0 aliphatic rings. The van der Waals surface area contributed by atoms with Crippen molar-refractivity contribution in [1.82, 2.24) is 9.78 Å². The van der Waals surface area contributed by atoms with Gasteiger partial charge in [0.2, 0.25) is 0 Å². The van der Waals surface area contributed by atoms with Crippen molar-refractivity contribution < 1.29 is 4.79 Å². The van der Waals surface area contributed by atoms with Gasteiger partial charge in [-0.25, -0.2) is 4.68 Å². The Hall–Kier alpha value is -2.73. The number of ketones is 1. The minimum atomic E-state index is -0.454. The maximum atomic E-state index is 12.2. The van der Waals surface area contributed by atoms with Gasteiger partial charge in [-0.05, 0) is 17.5 Å². The maximum Gasteiger partial charge on any atom is 0.290 e. The van der Waals surface area contributed by atoms with Gasteiger partial charge in [0.1, 0.15) is 17.9 Å². The van der Waals surface area contributed by atoms with Crippen LogP contribution in [0, 0.1) is 0 Å². The van der Waals surface area contributed by atoms with Crippen LogP contribution in [-0.2, 0) is 6.54 Å². The van der Waals surface area contributed by atoms with Crippen LogP contribution in [-0.4, -0.2) is 15.6 Å². The average Bonchev–Trinajstić information content (AvgIpc) is 3.07. The van der Waals surface area contributed by atoms with E-state index in [0.717, 1.165) is 9.56 Å². The molecule has 1 aromatic carbocycles. The second-order valence-electron chi connectivity index (χ2n) is 4.71. The first-order valence-corrected chi connectivity index (χ1v) is 7.53. The number of carbonyl (C=O) groups excluding carboxylic acids is 1. The Bertz CT molecular complexity index is 855. The van der Waals surface area contributed by atoms with Gasteiger partial charge in [0.15, 0.2) is 5.78 Å². The molecule has 0 saturated heterocycles. The molecule has 22 heavy (non-hydrogen) atoms. The molecular formula is C16H13N3O2S. The molecule has 0 unspecified atom stereocenters. The van der Waals surface area contributed by atoms with Crippen molar-refractivity contribution in [3.8, 4) is 10.6 Å². The van der Waals surface area contributed by atoms with Gasteiger partial charge in [-0.15, -0.1) is 11.3 Å². The van der Waals surface area contributed by atoms with E-state index in [1.807, 2.05) is 23.6 Å². The third kappa shape index (κ3) is 2.82. The van der Waals surface area contributed by atoms with Crippen LogP contribution in [0.3, 0.4) is 0 Å². The minimum absolute atomic E-state index is 0.0826. The van der Waals surface area contributed by atoms with Gasteiger partial charge < -0.3 is 5.73 Å². The Labute approximate surface area is 130 Å². The number of nitrogens with two attached hydrogens (primary N) is 1. The summed E-state index contributed by atoms with van der Waals surface area (Å²) in [7, 11) is 0. The number of Topliss-reactive ketones (excluding diaryl/α,β-unsaturated/α-hetero) is 1. The van der Waals surface area contributed by atoms with Crippen molar-refractivity contribution in [2.45, 2.75) is 6.54 Å². The maximum absolute atomic E-state index is 12.2. The van der Waals surface area contributed by atoms with E-state index < -0.39 is 5.56 Å². The molecule has 6 heteroatoms. The predicted molar refractivity (Wildman–Crippen MR) is 87.0 cm³/mol. The fraction of sp³-hybridized carbons (Fsp3) is 0.0625. The lowest BCUT2D eigenvalue weighted by Gasteiger charge is -2.07. The molecular weight excluding hydrogens is 298 g/mol. The number of hydrogen-bond acceptors (Lipinski definition) is 5. The third-order valence-corrected chi connectivity index (χ3v) is 4.06. The average molecular weight is 311 g/mol. The van der Waals surface area contributed by atoms with Crippen LogP contribution in [0.25, 0.3) is 10.6 Å². The SMILES string of the molecule is Nc1cc(-c2cccs2)nn(CC(=O)c2ccccc2)c1=O. The van der Waals surface area contributed by atoms with Crippen molar-refractivity contribution >= 4 is 22.8 Å². The van der Waals surface area contributed by atoms with E-state index in [9.17, 15) is 9.59 Å². The fourth-order valence-electron chi connectivity index (χ4n) is 2.07. The molecule has 110 valence electrons. The third-order valence-electron chi connectivity index (χ3n) is 3.16. The molecule has 0 aliphatic heterocycles. The highest BCUT2D eigenvalue weighted by molar-refractivity contribution is 7.13. The van der Waals surface area contributed by atoms with Gasteiger partial charge in [0, 0.05) is 5.56 Å². The normalized spacial score (nSPS) is 10.5. The number of benzene rings is 1. The van der Waals surface area contributed by atoms with E-state index >= 15 is 0 Å². The van der Waals surface area contributed by atoms with Crippen LogP contribution in [0.5, 0.6) is 0 Å². The molecule has 0 saturated carbocycles. The topological polar surface area (TPSA) is 78.0 Å². The summed E-state index contributed by atoms with van der Waals surface area (Å²) in [6.45, 7) is -0.133. The summed E-state index contributed by atoms with van der Waals surface area (Å²) in [4.78, 5) is 25.2. The lowest BCUT2D eigenvalue weighted by molar-refractivity contribution is 0.0966. The monoisotopic (exact) mass is 311 g/mol. The highest BCUT2D eigenvalue weighted by Gasteiger charge is 2.12. The van der Waals surface area contributed by atoms with E-state index in [-0.39, 0.29) is 18.0 Å². The Kier molecular flexibility index (Phi) is 3.84. The van der Waals surface area contributed by atoms with E-state index in [0.29, 0.717) is 11.3 Å². The van der Waals surface area contributed by atoms with Gasteiger partial charge in [-0.2, -0.15) is 5.10 Å². The predicted octanol–water partition coefficient (Wildman–Crippen LogP) is 2.44. The van der Waals surface area contributed by atoms with Crippen LogP contribution in [0.4, 0.5) is 5.69 Å². The Balaban J connectivity index is 1.97. The Morgan fingerprint density at radius 2 is 1.95 bits per heavy atom. The summed E-state index contributed by atoms with van der Waals surface area (Å²) in [5.74, 6) is -0.182. The summed E-state index contributed by atoms with van der Waals surface area (Å²) in [5, 5.41) is 6.17. The van der Waals surface area contributed by atoms with Crippen LogP contribution >= 0.6 is 11.3 Å². The molecule has 0 amide bonds. The van der Waals surface area contributed by atoms with E-state index in [4.69, 9.17) is 5.73 Å². The number of anilines is 1. The number of hydrogen-bond donors (Lipinski definition) is 1. The fourth-order valence-corrected chi connectivity index (χ4v) is 2.75. The van der Waals surface area contributed by atoms with Gasteiger partial charge in [-0.3, -0.25) is 9.59 Å². The first-order chi connectivity index (χ1) is 10.6. The van der Waals surface area contributed by atoms with Gasteiger partial charge in [-0.1, -0.05) is 36.4 Å². The first kappa shape index (κ1) is 14.2. The molecule has 0 atom stereocenters. The number of carbonyl (C=O) groups is 1. The second kappa shape index (κ2) is 5.95. The van der Waals surface area contributed by atoms with Crippen molar-refractivity contribution in [1.29, 1.82) is 0 Å². The largest absolute Gasteiger partial charge is 0.394 e. The van der Waals surface area contributed by atoms with Crippen molar-refractivity contribution in [2.24, 2.45) is 0 Å². The molecule has 0 radical (unpaired) electrons. The quantitative estimate of drug-likeness (QED) is 0.751. The number of nitrogens with zero attached hydrogens (tertiary/aromatic N) is 2. The zero-order valence-electron chi connectivity index (χ0n) is 11.6. The summed E-state index contributed by atoms with van der Waals surface area (Å²) in [6.07, 6.45) is 0. The van der Waals surface area contributed by atoms with Crippen LogP contribution < -0.4 is 11.3 Å². The molecule has 0 aliphatic carbocycles. The van der Waals surface area contributed by atoms with E-state index in [1.165, 1.54) is 17.4 Å². The van der Waals surface area contributed by atoms with Crippen LogP contribution in [0.2, 0.25) is 0 Å². The van der Waals surface area contributed by atoms with Gasteiger partial charge in [0.05, 0.1) is 4.88 Å². The van der Waals surface area contributed by atoms with Gasteiger partial charge >= 0.3 is 0 Å². The molecule has 5 nitrogen and oxygen atoms in total. The zero-order valence-corrected chi connectivity index (χ0v) is 12.4. The molecule has 0 fully saturated rings. The van der Waals surface area contributed by atoms with Crippen molar-refractivity contribution in [3.05, 3.63) is 69.8 Å². The van der Waals surface area contributed by atoms with Crippen molar-refractivity contribution in [2.75, 3.05) is 5.73 Å². The highest BCUT2D eigenvalue weighted by atomic mass is 32.1. The molecule has 3 aromatic rings. The van der Waals surface area contributed by atoms with Crippen LogP contribution in [0.15, 0.2) is 58.7 Å². The molecule has 2 heterocycles. The summed E-state index contributed by atoms with van der Waals surface area (Å²) < 4.78 is 1.12. The smallest absolute Gasteiger partial charge is 0.290 e. The number of nitrogen functional groups attached to an aromatic ring is 1. The Morgan fingerprint density at radius 1 is 1.18 bits per heavy atom. The zero-order chi connectivity index (χ0) is 15.5. The number of thiophene rings is 1. The summed E-state index contributed by atoms with van der Waals surface area (Å²) >= 11 is 1.50. The van der Waals surface area contributed by atoms with Crippen molar-refractivity contribution in [3.63, 3.8) is 0 Å². The Morgan fingerprint density at radius 3 is 2.64 bits per heavy atom. The minimum Gasteiger partial charge on any atom is -0.394 e. The van der Waals surface area contributed by atoms with E-state index in [1.54, 1.807) is 24.3 Å². The molecule has 0 spiro atoms. The summed E-state index contributed by atoms with van der Waals surface area (Å²) in [5.41, 5.74) is 6.52. The molecule has 2 N–H and O–H groups in total. The van der Waals surface area contributed by atoms with E-state index in [2.05, 4.69) is 5.10 Å². The summed E-state index contributed by atoms with van der Waals surface area (Å²) in [6, 6.07) is 14.1. The van der Waals surface area contributed by atoms with Crippen LogP contribution in [0.1, 0.15) is 10.4 Å². The standard InChI is InChI=1S/C16H13N3O2S/c17-12-9-13(15-7-4-8-22-15)18-19(16(12)21)10-14(20)11-5-2-1-3-6-11/h1-9H,10,17H2. The number of rotatable bonds is 4. The molecule has 2 aromatic heterocycles. The lowest BCUT2D eigenvalue weighted by atomic mass is 10.1.